The van der Waals surface area contributed by atoms with Gasteiger partial charge in [-0.1, -0.05) is 37.3 Å². The van der Waals surface area contributed by atoms with Crippen molar-refractivity contribution in [2.24, 2.45) is 0 Å². The Bertz CT molecular complexity index is 599. The summed E-state index contributed by atoms with van der Waals surface area (Å²) in [6.45, 7) is 6.49. The second-order valence-electron chi connectivity index (χ2n) is 7.50. The Labute approximate surface area is 156 Å². The van der Waals surface area contributed by atoms with Gasteiger partial charge in [0.15, 0.2) is 0 Å². The predicted octanol–water partition coefficient (Wildman–Crippen LogP) is 2.51. The number of carbonyl (C=O) groups excluding carboxylic acids is 2. The summed E-state index contributed by atoms with van der Waals surface area (Å²) in [6.07, 6.45) is 4.87. The zero-order valence-electron chi connectivity index (χ0n) is 15.9. The quantitative estimate of drug-likeness (QED) is 0.813. The van der Waals surface area contributed by atoms with Crippen LogP contribution in [0.2, 0.25) is 0 Å². The first-order valence-corrected chi connectivity index (χ1v) is 10.0. The predicted molar refractivity (Wildman–Crippen MR) is 103 cm³/mol. The third-order valence-corrected chi connectivity index (χ3v) is 5.61. The van der Waals surface area contributed by atoms with E-state index in [-0.39, 0.29) is 17.9 Å². The Kier molecular flexibility index (Phi) is 6.67. The summed E-state index contributed by atoms with van der Waals surface area (Å²) in [5.41, 5.74) is 1.16. The molecule has 5 nitrogen and oxygen atoms in total. The molecule has 1 atom stereocenters. The van der Waals surface area contributed by atoms with E-state index in [4.69, 9.17) is 0 Å². The zero-order valence-corrected chi connectivity index (χ0v) is 15.9. The Balaban J connectivity index is 1.63. The van der Waals surface area contributed by atoms with Crippen molar-refractivity contribution >= 4 is 11.8 Å². The fraction of sp³-hybridized carbons (Fsp3) is 0.619. The molecule has 2 aliphatic heterocycles. The third-order valence-electron chi connectivity index (χ3n) is 5.61. The van der Waals surface area contributed by atoms with Gasteiger partial charge in [0.1, 0.15) is 0 Å². The van der Waals surface area contributed by atoms with E-state index < -0.39 is 0 Å². The van der Waals surface area contributed by atoms with Crippen LogP contribution < -0.4 is 0 Å². The van der Waals surface area contributed by atoms with E-state index in [1.165, 1.54) is 6.42 Å². The summed E-state index contributed by atoms with van der Waals surface area (Å²) in [5, 5.41) is 0. The van der Waals surface area contributed by atoms with Crippen LogP contribution in [0.1, 0.15) is 44.6 Å². The fourth-order valence-electron chi connectivity index (χ4n) is 4.01. The maximum atomic E-state index is 12.7. The second kappa shape index (κ2) is 9.17. The van der Waals surface area contributed by atoms with Crippen molar-refractivity contribution in [1.82, 2.24) is 14.7 Å². The SMILES string of the molecule is CCC1CN(CC(=O)N2CCCCC2)CCC(=O)N1Cc1ccccc1. The van der Waals surface area contributed by atoms with Gasteiger partial charge in [0.05, 0.1) is 6.54 Å². The van der Waals surface area contributed by atoms with Crippen molar-refractivity contribution in [2.45, 2.75) is 51.6 Å². The molecule has 3 rings (SSSR count). The summed E-state index contributed by atoms with van der Waals surface area (Å²) in [4.78, 5) is 31.5. The van der Waals surface area contributed by atoms with E-state index >= 15 is 0 Å². The van der Waals surface area contributed by atoms with E-state index in [0.717, 1.165) is 44.5 Å². The lowest BCUT2D eigenvalue weighted by atomic mass is 10.1. The van der Waals surface area contributed by atoms with Crippen LogP contribution >= 0.6 is 0 Å². The monoisotopic (exact) mass is 357 g/mol. The van der Waals surface area contributed by atoms with Crippen LogP contribution in [-0.2, 0) is 16.1 Å². The normalized spacial score (nSPS) is 22.3. The minimum absolute atomic E-state index is 0.166. The number of piperidine rings is 1. The second-order valence-corrected chi connectivity index (χ2v) is 7.50. The molecule has 1 aromatic carbocycles. The number of nitrogens with zero attached hydrogens (tertiary/aromatic N) is 3. The molecule has 0 aliphatic carbocycles. The van der Waals surface area contributed by atoms with E-state index in [2.05, 4.69) is 24.0 Å². The molecule has 0 N–H and O–H groups in total. The number of amides is 2. The number of hydrogen-bond donors (Lipinski definition) is 0. The number of carbonyl (C=O) groups is 2. The summed E-state index contributed by atoms with van der Waals surface area (Å²) < 4.78 is 0. The first-order valence-electron chi connectivity index (χ1n) is 10.0. The molecular weight excluding hydrogens is 326 g/mol. The molecule has 1 unspecified atom stereocenters. The van der Waals surface area contributed by atoms with Crippen LogP contribution in [0, 0.1) is 0 Å². The van der Waals surface area contributed by atoms with Gasteiger partial charge >= 0.3 is 0 Å². The first-order chi connectivity index (χ1) is 12.7. The van der Waals surface area contributed by atoms with Crippen molar-refractivity contribution in [3.63, 3.8) is 0 Å². The van der Waals surface area contributed by atoms with Crippen molar-refractivity contribution < 1.29 is 9.59 Å². The van der Waals surface area contributed by atoms with Crippen LogP contribution in [0.15, 0.2) is 30.3 Å². The Morgan fingerprint density at radius 3 is 2.50 bits per heavy atom. The summed E-state index contributed by atoms with van der Waals surface area (Å²) in [5.74, 6) is 0.428. The lowest BCUT2D eigenvalue weighted by molar-refractivity contribution is -0.134. The maximum Gasteiger partial charge on any atom is 0.236 e. The molecule has 0 spiro atoms. The highest BCUT2D eigenvalue weighted by molar-refractivity contribution is 5.79. The van der Waals surface area contributed by atoms with Crippen LogP contribution in [0.3, 0.4) is 0 Å². The summed E-state index contributed by atoms with van der Waals surface area (Å²) in [7, 11) is 0. The van der Waals surface area contributed by atoms with Gasteiger partial charge in [0, 0.05) is 45.2 Å². The van der Waals surface area contributed by atoms with Gasteiger partial charge < -0.3 is 9.80 Å². The van der Waals surface area contributed by atoms with Gasteiger partial charge in [-0.05, 0) is 31.2 Å². The van der Waals surface area contributed by atoms with Crippen molar-refractivity contribution in [3.8, 4) is 0 Å². The zero-order chi connectivity index (χ0) is 18.4. The van der Waals surface area contributed by atoms with Crippen molar-refractivity contribution in [3.05, 3.63) is 35.9 Å². The summed E-state index contributed by atoms with van der Waals surface area (Å²) in [6, 6.07) is 10.3. The molecular formula is C21H31N3O2. The van der Waals surface area contributed by atoms with Gasteiger partial charge in [0.2, 0.25) is 11.8 Å². The molecule has 2 aliphatic rings. The molecule has 2 heterocycles. The smallest absolute Gasteiger partial charge is 0.236 e. The molecule has 1 aromatic rings. The highest BCUT2D eigenvalue weighted by Gasteiger charge is 2.30. The molecule has 2 amide bonds. The third kappa shape index (κ3) is 4.85. The van der Waals surface area contributed by atoms with Gasteiger partial charge in [-0.2, -0.15) is 0 Å². The fourth-order valence-corrected chi connectivity index (χ4v) is 4.01. The topological polar surface area (TPSA) is 43.9 Å². The Morgan fingerprint density at radius 1 is 1.08 bits per heavy atom. The highest BCUT2D eigenvalue weighted by atomic mass is 16.2. The molecule has 142 valence electrons. The summed E-state index contributed by atoms with van der Waals surface area (Å²) >= 11 is 0. The highest BCUT2D eigenvalue weighted by Crippen LogP contribution is 2.18. The van der Waals surface area contributed by atoms with Crippen LogP contribution in [-0.4, -0.2) is 65.3 Å². The average molecular weight is 357 g/mol. The largest absolute Gasteiger partial charge is 0.342 e. The lowest BCUT2D eigenvalue weighted by Gasteiger charge is -2.32. The molecule has 2 saturated heterocycles. The number of hydrogen-bond acceptors (Lipinski definition) is 3. The molecule has 2 fully saturated rings. The van der Waals surface area contributed by atoms with Gasteiger partial charge in [-0.3, -0.25) is 14.5 Å². The van der Waals surface area contributed by atoms with Gasteiger partial charge in [-0.25, -0.2) is 0 Å². The maximum absolute atomic E-state index is 12.7. The molecule has 26 heavy (non-hydrogen) atoms. The van der Waals surface area contributed by atoms with Gasteiger partial charge in [-0.15, -0.1) is 0 Å². The van der Waals surface area contributed by atoms with Crippen LogP contribution in [0.5, 0.6) is 0 Å². The van der Waals surface area contributed by atoms with E-state index in [1.54, 1.807) is 0 Å². The average Bonchev–Trinajstić information content (AvgIpc) is 2.83. The van der Waals surface area contributed by atoms with Gasteiger partial charge in [0.25, 0.3) is 0 Å². The molecule has 0 aromatic heterocycles. The minimum Gasteiger partial charge on any atom is -0.342 e. The Morgan fingerprint density at radius 2 is 1.81 bits per heavy atom. The lowest BCUT2D eigenvalue weighted by Crippen LogP contribution is -2.46. The number of benzene rings is 1. The van der Waals surface area contributed by atoms with E-state index in [9.17, 15) is 9.59 Å². The molecule has 5 heteroatoms. The molecule has 0 bridgehead atoms. The van der Waals surface area contributed by atoms with Crippen molar-refractivity contribution in [2.75, 3.05) is 32.7 Å². The van der Waals surface area contributed by atoms with Crippen LogP contribution in [0.25, 0.3) is 0 Å². The minimum atomic E-state index is 0.166. The standard InChI is InChI=1S/C21H31N3O2/c1-2-19-16-22(17-21(26)23-12-7-4-8-13-23)14-11-20(25)24(19)15-18-9-5-3-6-10-18/h3,5-6,9-10,19H,2,4,7-8,11-17H2,1H3. The Hall–Kier alpha value is -1.88. The van der Waals surface area contributed by atoms with E-state index in [0.29, 0.717) is 26.1 Å². The van der Waals surface area contributed by atoms with Crippen molar-refractivity contribution in [1.29, 1.82) is 0 Å². The van der Waals surface area contributed by atoms with Crippen LogP contribution in [0.4, 0.5) is 0 Å². The number of likely N-dealkylation sites (tertiary alicyclic amines) is 1. The van der Waals surface area contributed by atoms with E-state index in [1.807, 2.05) is 28.0 Å². The molecule has 0 radical (unpaired) electrons. The molecule has 0 saturated carbocycles. The number of rotatable bonds is 5. The first kappa shape index (κ1) is 18.9.